The van der Waals surface area contributed by atoms with Crippen molar-refractivity contribution in [3.05, 3.63) is 12.3 Å². The Balaban J connectivity index is 2.50. The third kappa shape index (κ3) is 0.618. The van der Waals surface area contributed by atoms with E-state index < -0.39 is 0 Å². The van der Waals surface area contributed by atoms with Gasteiger partial charge in [-0.05, 0) is 0 Å². The maximum atomic E-state index is 11.0. The summed E-state index contributed by atoms with van der Waals surface area (Å²) < 4.78 is 1.39. The highest BCUT2D eigenvalue weighted by molar-refractivity contribution is 5.83. The molecule has 0 radical (unpaired) electrons. The Hall–Kier alpha value is -1.32. The van der Waals surface area contributed by atoms with Gasteiger partial charge in [0.25, 0.3) is 5.91 Å². The van der Waals surface area contributed by atoms with Crippen molar-refractivity contribution in [2.75, 3.05) is 11.9 Å². The maximum absolute atomic E-state index is 11.0. The van der Waals surface area contributed by atoms with Gasteiger partial charge in [-0.2, -0.15) is 9.78 Å². The van der Waals surface area contributed by atoms with Gasteiger partial charge >= 0.3 is 0 Å². The van der Waals surface area contributed by atoms with E-state index in [0.717, 1.165) is 12.4 Å². The minimum absolute atomic E-state index is 0.0683. The fraction of sp³-hybridized carbons (Fsp3) is 0.333. The smallest absolute Gasteiger partial charge is 0.250 e. The van der Waals surface area contributed by atoms with E-state index in [9.17, 15) is 4.79 Å². The fourth-order valence-corrected chi connectivity index (χ4v) is 1.04. The minimum Gasteiger partial charge on any atom is -0.369 e. The Kier molecular flexibility index (Phi) is 1.00. The van der Waals surface area contributed by atoms with E-state index >= 15 is 0 Å². The van der Waals surface area contributed by atoms with Crippen LogP contribution in [-0.2, 0) is 0 Å². The standard InChI is InChI=1S/C6H7N3O/c10-6-2-3-7-5-1-4-8-9(5)6/h1,4,7H,2-3H2. The zero-order valence-electron chi connectivity index (χ0n) is 5.37. The number of anilines is 1. The molecular weight excluding hydrogens is 130 g/mol. The second-order valence-electron chi connectivity index (χ2n) is 2.20. The molecule has 4 nitrogen and oxygen atoms in total. The lowest BCUT2D eigenvalue weighted by molar-refractivity contribution is 0.0886. The van der Waals surface area contributed by atoms with Crippen molar-refractivity contribution >= 4 is 11.7 Å². The lowest BCUT2D eigenvalue weighted by Crippen LogP contribution is -2.24. The lowest BCUT2D eigenvalue weighted by Gasteiger charge is -2.12. The molecule has 52 valence electrons. The van der Waals surface area contributed by atoms with E-state index in [2.05, 4.69) is 10.4 Å². The van der Waals surface area contributed by atoms with Crippen LogP contribution in [0.1, 0.15) is 11.2 Å². The molecule has 0 saturated carbocycles. The van der Waals surface area contributed by atoms with Gasteiger partial charge in [0.05, 0.1) is 6.20 Å². The Labute approximate surface area is 57.8 Å². The zero-order chi connectivity index (χ0) is 6.97. The lowest BCUT2D eigenvalue weighted by atomic mass is 10.3. The second kappa shape index (κ2) is 1.83. The maximum Gasteiger partial charge on any atom is 0.250 e. The third-order valence-corrected chi connectivity index (χ3v) is 1.52. The SMILES string of the molecule is O=C1CCNc2ccnn21. The summed E-state index contributed by atoms with van der Waals surface area (Å²) in [6.07, 6.45) is 2.15. The quantitative estimate of drug-likeness (QED) is 0.560. The van der Waals surface area contributed by atoms with Crippen LogP contribution in [0.4, 0.5) is 5.82 Å². The van der Waals surface area contributed by atoms with Gasteiger partial charge in [0.15, 0.2) is 0 Å². The number of fused-ring (bicyclic) bond motifs is 1. The molecular formula is C6H7N3O. The topological polar surface area (TPSA) is 46.9 Å². The molecule has 0 atom stereocenters. The number of carbonyl (C=O) groups is 1. The van der Waals surface area contributed by atoms with E-state index in [4.69, 9.17) is 0 Å². The van der Waals surface area contributed by atoms with Crippen molar-refractivity contribution < 1.29 is 4.79 Å². The molecule has 1 aromatic rings. The molecule has 0 bridgehead atoms. The molecule has 2 rings (SSSR count). The molecule has 0 amide bonds. The van der Waals surface area contributed by atoms with Gasteiger partial charge in [-0.3, -0.25) is 4.79 Å². The fourth-order valence-electron chi connectivity index (χ4n) is 1.04. The van der Waals surface area contributed by atoms with Gasteiger partial charge in [-0.25, -0.2) is 0 Å². The number of rotatable bonds is 0. The first-order valence-electron chi connectivity index (χ1n) is 3.19. The Bertz CT molecular complexity index is 266. The molecule has 2 heterocycles. The number of hydrogen-bond acceptors (Lipinski definition) is 3. The van der Waals surface area contributed by atoms with Crippen LogP contribution in [0.15, 0.2) is 12.3 Å². The highest BCUT2D eigenvalue weighted by Gasteiger charge is 2.14. The van der Waals surface area contributed by atoms with E-state index in [-0.39, 0.29) is 5.91 Å². The molecule has 0 unspecified atom stereocenters. The summed E-state index contributed by atoms with van der Waals surface area (Å²) in [5.74, 6) is 0.870. The molecule has 1 N–H and O–H groups in total. The number of nitrogens with one attached hydrogen (secondary N) is 1. The average Bonchev–Trinajstić information content (AvgIpc) is 2.36. The van der Waals surface area contributed by atoms with Gasteiger partial charge in [0, 0.05) is 19.0 Å². The molecule has 0 aromatic carbocycles. The van der Waals surface area contributed by atoms with Crippen molar-refractivity contribution in [1.82, 2.24) is 9.78 Å². The van der Waals surface area contributed by atoms with Crippen LogP contribution in [0, 0.1) is 0 Å². The average molecular weight is 137 g/mol. The van der Waals surface area contributed by atoms with Gasteiger partial charge in [0.2, 0.25) is 0 Å². The number of nitrogens with zero attached hydrogens (tertiary/aromatic N) is 2. The normalized spacial score (nSPS) is 16.2. The summed E-state index contributed by atoms with van der Waals surface area (Å²) >= 11 is 0. The molecule has 10 heavy (non-hydrogen) atoms. The van der Waals surface area contributed by atoms with Crippen molar-refractivity contribution in [3.8, 4) is 0 Å². The number of aromatic nitrogens is 2. The van der Waals surface area contributed by atoms with Gasteiger partial charge in [-0.15, -0.1) is 0 Å². The Morgan fingerprint density at radius 2 is 2.60 bits per heavy atom. The predicted molar refractivity (Wildman–Crippen MR) is 36.0 cm³/mol. The molecule has 0 fully saturated rings. The van der Waals surface area contributed by atoms with E-state index in [1.54, 1.807) is 12.3 Å². The highest BCUT2D eigenvalue weighted by atomic mass is 16.2. The summed E-state index contributed by atoms with van der Waals surface area (Å²) in [6.45, 7) is 0.727. The first-order chi connectivity index (χ1) is 4.88. The zero-order valence-corrected chi connectivity index (χ0v) is 5.37. The second-order valence-corrected chi connectivity index (χ2v) is 2.20. The van der Waals surface area contributed by atoms with Gasteiger partial charge in [0.1, 0.15) is 5.82 Å². The Morgan fingerprint density at radius 3 is 3.40 bits per heavy atom. The van der Waals surface area contributed by atoms with Crippen molar-refractivity contribution in [1.29, 1.82) is 0 Å². The van der Waals surface area contributed by atoms with Crippen LogP contribution in [0.2, 0.25) is 0 Å². The number of hydrogen-bond donors (Lipinski definition) is 1. The van der Waals surface area contributed by atoms with Crippen LogP contribution in [0.25, 0.3) is 0 Å². The molecule has 0 spiro atoms. The van der Waals surface area contributed by atoms with Gasteiger partial charge < -0.3 is 5.32 Å². The highest BCUT2D eigenvalue weighted by Crippen LogP contribution is 2.10. The van der Waals surface area contributed by atoms with E-state index in [0.29, 0.717) is 6.42 Å². The third-order valence-electron chi connectivity index (χ3n) is 1.52. The van der Waals surface area contributed by atoms with Crippen LogP contribution in [0.5, 0.6) is 0 Å². The molecule has 4 heteroatoms. The van der Waals surface area contributed by atoms with Crippen LogP contribution >= 0.6 is 0 Å². The van der Waals surface area contributed by atoms with E-state index in [1.807, 2.05) is 0 Å². The van der Waals surface area contributed by atoms with Gasteiger partial charge in [-0.1, -0.05) is 0 Å². The summed E-state index contributed by atoms with van der Waals surface area (Å²) in [6, 6.07) is 1.79. The predicted octanol–water partition coefficient (Wildman–Crippen LogP) is 0.339. The molecule has 1 aromatic heterocycles. The first-order valence-corrected chi connectivity index (χ1v) is 3.19. The molecule has 1 aliphatic heterocycles. The summed E-state index contributed by atoms with van der Waals surface area (Å²) in [4.78, 5) is 11.0. The first kappa shape index (κ1) is 5.46. The van der Waals surface area contributed by atoms with Crippen molar-refractivity contribution in [3.63, 3.8) is 0 Å². The van der Waals surface area contributed by atoms with Crippen LogP contribution < -0.4 is 5.32 Å². The van der Waals surface area contributed by atoms with Crippen LogP contribution in [0.3, 0.4) is 0 Å². The molecule has 0 aliphatic carbocycles. The summed E-state index contributed by atoms with van der Waals surface area (Å²) in [5, 5.41) is 6.90. The number of carbonyl (C=O) groups excluding carboxylic acids is 1. The van der Waals surface area contributed by atoms with Crippen molar-refractivity contribution in [2.45, 2.75) is 6.42 Å². The van der Waals surface area contributed by atoms with E-state index in [1.165, 1.54) is 4.68 Å². The molecule has 1 aliphatic rings. The van der Waals surface area contributed by atoms with Crippen molar-refractivity contribution in [2.24, 2.45) is 0 Å². The summed E-state index contributed by atoms with van der Waals surface area (Å²) in [7, 11) is 0. The minimum atomic E-state index is 0.0683. The molecule has 0 saturated heterocycles. The monoisotopic (exact) mass is 137 g/mol. The summed E-state index contributed by atoms with van der Waals surface area (Å²) in [5.41, 5.74) is 0. The Morgan fingerprint density at radius 1 is 1.70 bits per heavy atom. The largest absolute Gasteiger partial charge is 0.369 e. The van der Waals surface area contributed by atoms with Crippen LogP contribution in [-0.4, -0.2) is 22.2 Å².